The molecule has 0 N–H and O–H groups in total. The predicted molar refractivity (Wildman–Crippen MR) is 81.2 cm³/mol. The molecule has 1 unspecified atom stereocenters. The molecule has 1 aliphatic heterocycles. The van der Waals surface area contributed by atoms with Gasteiger partial charge in [0.2, 0.25) is 0 Å². The number of hydrogen-bond donors (Lipinski definition) is 0. The molecule has 1 aromatic rings. The number of nitriles is 1. The topological polar surface area (TPSA) is 53.3 Å². The fraction of sp³-hybridized carbons (Fsp3) is 0.529. The summed E-state index contributed by atoms with van der Waals surface area (Å²) in [5.41, 5.74) is 1.25. The number of benzene rings is 1. The van der Waals surface area contributed by atoms with Crippen LogP contribution in [0.15, 0.2) is 24.3 Å². The van der Waals surface area contributed by atoms with Gasteiger partial charge in [0.05, 0.1) is 24.3 Å². The fourth-order valence-electron chi connectivity index (χ4n) is 2.60. The van der Waals surface area contributed by atoms with E-state index in [1.165, 1.54) is 0 Å². The van der Waals surface area contributed by atoms with Crippen molar-refractivity contribution in [2.24, 2.45) is 0 Å². The highest BCUT2D eigenvalue weighted by Crippen LogP contribution is 2.14. The van der Waals surface area contributed by atoms with Crippen molar-refractivity contribution >= 4 is 5.78 Å². The molecular formula is C17H22N2O2. The highest BCUT2D eigenvalue weighted by molar-refractivity contribution is 5.97. The van der Waals surface area contributed by atoms with Gasteiger partial charge in [0.1, 0.15) is 0 Å². The van der Waals surface area contributed by atoms with E-state index in [4.69, 9.17) is 10.00 Å². The lowest BCUT2D eigenvalue weighted by atomic mass is 10.1. The molecule has 0 bridgehead atoms. The normalized spacial score (nSPS) is 19.1. The number of ketones is 1. The summed E-state index contributed by atoms with van der Waals surface area (Å²) < 4.78 is 5.79. The van der Waals surface area contributed by atoms with E-state index in [2.05, 4.69) is 17.9 Å². The lowest BCUT2D eigenvalue weighted by molar-refractivity contribution is 0.00131. The number of ether oxygens (including phenoxy) is 1. The minimum Gasteiger partial charge on any atom is -0.377 e. The van der Waals surface area contributed by atoms with Gasteiger partial charge in [-0.1, -0.05) is 19.1 Å². The van der Waals surface area contributed by atoms with Crippen LogP contribution in [-0.4, -0.2) is 43.0 Å². The van der Waals surface area contributed by atoms with Gasteiger partial charge >= 0.3 is 0 Å². The van der Waals surface area contributed by atoms with Gasteiger partial charge < -0.3 is 4.74 Å². The van der Waals surface area contributed by atoms with Crippen LogP contribution in [0.2, 0.25) is 0 Å². The average molecular weight is 286 g/mol. The number of nitrogens with zero attached hydrogens (tertiary/aromatic N) is 2. The van der Waals surface area contributed by atoms with Gasteiger partial charge in [-0.05, 0) is 37.9 Å². The van der Waals surface area contributed by atoms with Gasteiger partial charge in [0.15, 0.2) is 5.78 Å². The molecule has 21 heavy (non-hydrogen) atoms. The monoisotopic (exact) mass is 286 g/mol. The van der Waals surface area contributed by atoms with Gasteiger partial charge in [-0.2, -0.15) is 5.26 Å². The van der Waals surface area contributed by atoms with Crippen LogP contribution >= 0.6 is 0 Å². The molecule has 1 aromatic carbocycles. The summed E-state index contributed by atoms with van der Waals surface area (Å²) in [6.07, 6.45) is 3.45. The first-order valence-electron chi connectivity index (χ1n) is 7.60. The second-order valence-electron chi connectivity index (χ2n) is 5.48. The van der Waals surface area contributed by atoms with E-state index in [1.54, 1.807) is 24.3 Å². The lowest BCUT2D eigenvalue weighted by Gasteiger charge is -2.32. The quantitative estimate of drug-likeness (QED) is 0.754. The molecular weight excluding hydrogens is 264 g/mol. The van der Waals surface area contributed by atoms with Crippen molar-refractivity contribution in [2.75, 3.05) is 26.2 Å². The zero-order chi connectivity index (χ0) is 15.1. The van der Waals surface area contributed by atoms with Crippen molar-refractivity contribution in [2.45, 2.75) is 32.3 Å². The Kier molecular flexibility index (Phi) is 5.91. The van der Waals surface area contributed by atoms with E-state index in [-0.39, 0.29) is 11.9 Å². The Morgan fingerprint density at radius 1 is 1.43 bits per heavy atom. The zero-order valence-corrected chi connectivity index (χ0v) is 12.5. The SMILES string of the molecule is CCCOC1CCCN(CC(=O)c2ccc(C#N)cc2)C1. The standard InChI is InChI=1S/C17H22N2O2/c1-2-10-21-16-4-3-9-19(12-16)13-17(20)15-7-5-14(11-18)6-8-15/h5-8,16H,2-4,9-10,12-13H2,1H3. The molecule has 1 saturated heterocycles. The maximum absolute atomic E-state index is 12.3. The Bertz CT molecular complexity index is 505. The molecule has 0 spiro atoms. The van der Waals surface area contributed by atoms with Crippen LogP contribution in [0.25, 0.3) is 0 Å². The second-order valence-corrected chi connectivity index (χ2v) is 5.48. The lowest BCUT2D eigenvalue weighted by Crippen LogP contribution is -2.42. The van der Waals surface area contributed by atoms with Gasteiger partial charge in [0, 0.05) is 18.7 Å². The number of hydrogen-bond acceptors (Lipinski definition) is 4. The van der Waals surface area contributed by atoms with Crippen molar-refractivity contribution in [3.63, 3.8) is 0 Å². The first-order valence-corrected chi connectivity index (χ1v) is 7.60. The summed E-state index contributed by atoms with van der Waals surface area (Å²) in [7, 11) is 0. The van der Waals surface area contributed by atoms with Gasteiger partial charge in [-0.25, -0.2) is 0 Å². The summed E-state index contributed by atoms with van der Waals surface area (Å²) in [6, 6.07) is 8.91. The Labute approximate surface area is 126 Å². The smallest absolute Gasteiger partial charge is 0.176 e. The molecule has 0 aliphatic carbocycles. The molecule has 112 valence electrons. The zero-order valence-electron chi connectivity index (χ0n) is 12.5. The highest BCUT2D eigenvalue weighted by atomic mass is 16.5. The van der Waals surface area contributed by atoms with E-state index in [1.807, 2.05) is 0 Å². The van der Waals surface area contributed by atoms with Crippen molar-refractivity contribution in [1.82, 2.24) is 4.90 Å². The van der Waals surface area contributed by atoms with Crippen LogP contribution in [0.1, 0.15) is 42.1 Å². The number of Topliss-reactive ketones (excluding diaryl/α,β-unsaturated/α-hetero) is 1. The summed E-state index contributed by atoms with van der Waals surface area (Å²) >= 11 is 0. The Hall–Kier alpha value is -1.70. The molecule has 0 amide bonds. The van der Waals surface area contributed by atoms with E-state index in [0.717, 1.165) is 39.0 Å². The number of rotatable bonds is 6. The summed E-state index contributed by atoms with van der Waals surface area (Å²) in [5.74, 6) is 0.107. The maximum Gasteiger partial charge on any atom is 0.176 e. The van der Waals surface area contributed by atoms with E-state index < -0.39 is 0 Å². The molecule has 0 radical (unpaired) electrons. The van der Waals surface area contributed by atoms with Crippen molar-refractivity contribution < 1.29 is 9.53 Å². The molecule has 1 heterocycles. The summed E-state index contributed by atoms with van der Waals surface area (Å²) in [5, 5.41) is 8.77. The Morgan fingerprint density at radius 2 is 2.19 bits per heavy atom. The third kappa shape index (κ3) is 4.66. The summed E-state index contributed by atoms with van der Waals surface area (Å²) in [4.78, 5) is 14.4. The molecule has 1 aliphatic rings. The number of piperidine rings is 1. The molecule has 0 saturated carbocycles. The number of likely N-dealkylation sites (tertiary alicyclic amines) is 1. The van der Waals surface area contributed by atoms with E-state index in [0.29, 0.717) is 17.7 Å². The van der Waals surface area contributed by atoms with Crippen LogP contribution in [0.3, 0.4) is 0 Å². The number of carbonyl (C=O) groups is 1. The molecule has 4 nitrogen and oxygen atoms in total. The van der Waals surface area contributed by atoms with Gasteiger partial charge in [-0.15, -0.1) is 0 Å². The average Bonchev–Trinajstić information content (AvgIpc) is 2.53. The second kappa shape index (κ2) is 7.92. The van der Waals surface area contributed by atoms with Gasteiger partial charge in [-0.3, -0.25) is 9.69 Å². The third-order valence-electron chi connectivity index (χ3n) is 3.72. The highest BCUT2D eigenvalue weighted by Gasteiger charge is 2.22. The van der Waals surface area contributed by atoms with Crippen molar-refractivity contribution in [1.29, 1.82) is 5.26 Å². The summed E-state index contributed by atoms with van der Waals surface area (Å²) in [6.45, 7) is 5.12. The van der Waals surface area contributed by atoms with Crippen LogP contribution < -0.4 is 0 Å². The number of carbonyl (C=O) groups excluding carboxylic acids is 1. The fourth-order valence-corrected chi connectivity index (χ4v) is 2.60. The molecule has 1 atom stereocenters. The first-order chi connectivity index (χ1) is 10.2. The molecule has 0 aromatic heterocycles. The molecule has 1 fully saturated rings. The first kappa shape index (κ1) is 15.7. The van der Waals surface area contributed by atoms with E-state index >= 15 is 0 Å². The molecule has 4 heteroatoms. The van der Waals surface area contributed by atoms with Crippen LogP contribution in [-0.2, 0) is 4.74 Å². The Morgan fingerprint density at radius 3 is 2.86 bits per heavy atom. The van der Waals surface area contributed by atoms with Crippen molar-refractivity contribution in [3.05, 3.63) is 35.4 Å². The minimum absolute atomic E-state index is 0.107. The van der Waals surface area contributed by atoms with Crippen LogP contribution in [0, 0.1) is 11.3 Å². The third-order valence-corrected chi connectivity index (χ3v) is 3.72. The minimum atomic E-state index is 0.107. The van der Waals surface area contributed by atoms with Crippen LogP contribution in [0.4, 0.5) is 0 Å². The van der Waals surface area contributed by atoms with Crippen LogP contribution in [0.5, 0.6) is 0 Å². The molecule has 2 rings (SSSR count). The maximum atomic E-state index is 12.3. The Balaban J connectivity index is 1.88. The largest absolute Gasteiger partial charge is 0.377 e. The van der Waals surface area contributed by atoms with E-state index in [9.17, 15) is 4.79 Å². The van der Waals surface area contributed by atoms with Gasteiger partial charge in [0.25, 0.3) is 0 Å². The van der Waals surface area contributed by atoms with Crippen molar-refractivity contribution in [3.8, 4) is 6.07 Å². The predicted octanol–water partition coefficient (Wildman–Crippen LogP) is 2.63.